The topological polar surface area (TPSA) is 68.4 Å². The van der Waals surface area contributed by atoms with Crippen LogP contribution in [0.25, 0.3) is 0 Å². The van der Waals surface area contributed by atoms with Gasteiger partial charge in [0.15, 0.2) is 5.82 Å². The Labute approximate surface area is 89.2 Å². The molecular formula is C8H11F3N2O3. The first-order valence-electron chi connectivity index (χ1n) is 4.46. The van der Waals surface area contributed by atoms with Crippen molar-refractivity contribution in [2.24, 2.45) is 0 Å². The largest absolute Gasteiger partial charge is 0.396 e. The number of aliphatic hydroxyl groups excluding tert-OH is 1. The number of methoxy groups -OCH3 is 1. The molecule has 0 aliphatic carbocycles. The van der Waals surface area contributed by atoms with Crippen molar-refractivity contribution in [3.05, 3.63) is 11.7 Å². The second kappa shape index (κ2) is 5.26. The summed E-state index contributed by atoms with van der Waals surface area (Å²) < 4.78 is 45.0. The summed E-state index contributed by atoms with van der Waals surface area (Å²) in [7, 11) is 1.39. The van der Waals surface area contributed by atoms with Gasteiger partial charge in [-0.05, 0) is 0 Å². The summed E-state index contributed by atoms with van der Waals surface area (Å²) in [5.74, 6) is -0.476. The fourth-order valence-electron chi connectivity index (χ4n) is 1.08. The first-order valence-corrected chi connectivity index (χ1v) is 4.46. The van der Waals surface area contributed by atoms with Crippen molar-refractivity contribution < 1.29 is 27.5 Å². The van der Waals surface area contributed by atoms with Crippen molar-refractivity contribution in [2.75, 3.05) is 13.7 Å². The van der Waals surface area contributed by atoms with E-state index in [9.17, 15) is 18.3 Å². The van der Waals surface area contributed by atoms with E-state index < -0.39 is 24.5 Å². The standard InChI is InChI=1S/C8H11F3N2O3/c1-15-4-5(14)2-7-12-6(13-16-7)3-8(9,10)11/h5,14H,2-4H2,1H3. The molecule has 1 unspecified atom stereocenters. The Morgan fingerprint density at radius 3 is 2.75 bits per heavy atom. The SMILES string of the molecule is COCC(O)Cc1nc(CC(F)(F)F)no1. The van der Waals surface area contributed by atoms with E-state index in [1.807, 2.05) is 0 Å². The van der Waals surface area contributed by atoms with Gasteiger partial charge in [-0.15, -0.1) is 0 Å². The molecule has 8 heteroatoms. The Morgan fingerprint density at radius 2 is 2.19 bits per heavy atom. The number of hydrogen-bond acceptors (Lipinski definition) is 5. The fourth-order valence-corrected chi connectivity index (χ4v) is 1.08. The number of halogens is 3. The maximum absolute atomic E-state index is 11.9. The molecule has 0 aromatic carbocycles. The van der Waals surface area contributed by atoms with Gasteiger partial charge < -0.3 is 14.4 Å². The third kappa shape index (κ3) is 4.58. The molecule has 0 radical (unpaired) electrons. The third-order valence-electron chi connectivity index (χ3n) is 1.64. The first-order chi connectivity index (χ1) is 7.40. The van der Waals surface area contributed by atoms with Gasteiger partial charge in [-0.3, -0.25) is 0 Å². The van der Waals surface area contributed by atoms with Gasteiger partial charge in [-0.1, -0.05) is 5.16 Å². The van der Waals surface area contributed by atoms with E-state index in [0.29, 0.717) is 0 Å². The molecule has 0 saturated carbocycles. The van der Waals surface area contributed by atoms with Gasteiger partial charge in [0, 0.05) is 7.11 Å². The molecule has 1 heterocycles. The normalized spacial score (nSPS) is 14.1. The number of ether oxygens (including phenoxy) is 1. The van der Waals surface area contributed by atoms with Crippen LogP contribution in [0.2, 0.25) is 0 Å². The van der Waals surface area contributed by atoms with E-state index in [4.69, 9.17) is 0 Å². The van der Waals surface area contributed by atoms with Gasteiger partial charge in [0.05, 0.1) is 19.1 Å². The second-order valence-corrected chi connectivity index (χ2v) is 3.21. The fraction of sp³-hybridized carbons (Fsp3) is 0.750. The highest BCUT2D eigenvalue weighted by molar-refractivity contribution is 4.90. The van der Waals surface area contributed by atoms with Crippen molar-refractivity contribution in [1.29, 1.82) is 0 Å². The number of nitrogens with zero attached hydrogens (tertiary/aromatic N) is 2. The van der Waals surface area contributed by atoms with Crippen LogP contribution in [-0.4, -0.2) is 41.2 Å². The van der Waals surface area contributed by atoms with Crippen molar-refractivity contribution in [1.82, 2.24) is 10.1 Å². The van der Waals surface area contributed by atoms with E-state index >= 15 is 0 Å². The lowest BCUT2D eigenvalue weighted by Crippen LogP contribution is -2.17. The number of alkyl halides is 3. The molecule has 0 aliphatic heterocycles. The summed E-state index contributed by atoms with van der Waals surface area (Å²) in [5, 5.41) is 12.4. The molecule has 5 nitrogen and oxygen atoms in total. The van der Waals surface area contributed by atoms with E-state index in [1.165, 1.54) is 7.11 Å². The van der Waals surface area contributed by atoms with Crippen LogP contribution in [0.5, 0.6) is 0 Å². The molecular weight excluding hydrogens is 229 g/mol. The first kappa shape index (κ1) is 12.9. The monoisotopic (exact) mass is 240 g/mol. The summed E-state index contributed by atoms with van der Waals surface area (Å²) >= 11 is 0. The zero-order chi connectivity index (χ0) is 12.2. The van der Waals surface area contributed by atoms with E-state index in [1.54, 1.807) is 0 Å². The van der Waals surface area contributed by atoms with E-state index in [-0.39, 0.29) is 18.9 Å². The Bertz CT molecular complexity index is 327. The minimum Gasteiger partial charge on any atom is -0.390 e. The lowest BCUT2D eigenvalue weighted by atomic mass is 10.3. The molecule has 1 atom stereocenters. The van der Waals surface area contributed by atoms with Crippen LogP contribution >= 0.6 is 0 Å². The maximum atomic E-state index is 11.9. The Kier molecular flexibility index (Phi) is 4.25. The molecule has 1 aromatic rings. The minimum absolute atomic E-state index is 0.0291. The van der Waals surface area contributed by atoms with Gasteiger partial charge >= 0.3 is 6.18 Å². The van der Waals surface area contributed by atoms with Crippen molar-refractivity contribution >= 4 is 0 Å². The Hall–Kier alpha value is -1.15. The van der Waals surface area contributed by atoms with E-state index in [0.717, 1.165) is 0 Å². The van der Waals surface area contributed by atoms with Crippen molar-refractivity contribution in [3.8, 4) is 0 Å². The third-order valence-corrected chi connectivity index (χ3v) is 1.64. The molecule has 0 fully saturated rings. The van der Waals surface area contributed by atoms with Crippen LogP contribution < -0.4 is 0 Å². The molecule has 0 saturated heterocycles. The Morgan fingerprint density at radius 1 is 1.50 bits per heavy atom. The summed E-state index contributed by atoms with van der Waals surface area (Å²) in [5.41, 5.74) is 0. The summed E-state index contributed by atoms with van der Waals surface area (Å²) in [6, 6.07) is 0. The average Bonchev–Trinajstić information content (AvgIpc) is 2.49. The van der Waals surface area contributed by atoms with Crippen LogP contribution in [0, 0.1) is 0 Å². The number of hydrogen-bond donors (Lipinski definition) is 1. The van der Waals surface area contributed by atoms with Gasteiger partial charge in [0.1, 0.15) is 6.42 Å². The number of rotatable bonds is 5. The second-order valence-electron chi connectivity index (χ2n) is 3.21. The summed E-state index contributed by atoms with van der Waals surface area (Å²) in [6.45, 7) is 0.0526. The van der Waals surface area contributed by atoms with Crippen LogP contribution in [0.1, 0.15) is 11.7 Å². The number of aromatic nitrogens is 2. The molecule has 0 bridgehead atoms. The number of aliphatic hydroxyl groups is 1. The average molecular weight is 240 g/mol. The molecule has 1 N–H and O–H groups in total. The Balaban J connectivity index is 2.51. The predicted molar refractivity (Wildman–Crippen MR) is 45.6 cm³/mol. The van der Waals surface area contributed by atoms with Crippen LogP contribution in [0.15, 0.2) is 4.52 Å². The zero-order valence-electron chi connectivity index (χ0n) is 8.49. The molecule has 1 rings (SSSR count). The molecule has 16 heavy (non-hydrogen) atoms. The van der Waals surface area contributed by atoms with E-state index in [2.05, 4.69) is 19.4 Å². The quantitative estimate of drug-likeness (QED) is 0.821. The van der Waals surface area contributed by atoms with Gasteiger partial charge in [-0.2, -0.15) is 18.2 Å². The highest BCUT2D eigenvalue weighted by atomic mass is 19.4. The molecule has 0 spiro atoms. The van der Waals surface area contributed by atoms with Gasteiger partial charge in [-0.25, -0.2) is 0 Å². The smallest absolute Gasteiger partial charge is 0.390 e. The molecule has 92 valence electrons. The molecule has 0 amide bonds. The maximum Gasteiger partial charge on any atom is 0.396 e. The summed E-state index contributed by atoms with van der Waals surface area (Å²) in [6.07, 6.45) is -6.51. The lowest BCUT2D eigenvalue weighted by Gasteiger charge is -2.04. The van der Waals surface area contributed by atoms with Gasteiger partial charge in [0.25, 0.3) is 0 Å². The van der Waals surface area contributed by atoms with Gasteiger partial charge in [0.2, 0.25) is 5.89 Å². The molecule has 0 aliphatic rings. The van der Waals surface area contributed by atoms with Crippen molar-refractivity contribution in [3.63, 3.8) is 0 Å². The molecule has 1 aromatic heterocycles. The minimum atomic E-state index is -4.37. The van der Waals surface area contributed by atoms with Crippen LogP contribution in [0.4, 0.5) is 13.2 Å². The highest BCUT2D eigenvalue weighted by Gasteiger charge is 2.30. The van der Waals surface area contributed by atoms with Crippen LogP contribution in [-0.2, 0) is 17.6 Å². The highest BCUT2D eigenvalue weighted by Crippen LogP contribution is 2.19. The van der Waals surface area contributed by atoms with Crippen LogP contribution in [0.3, 0.4) is 0 Å². The predicted octanol–water partition coefficient (Wildman–Crippen LogP) is 0.724. The van der Waals surface area contributed by atoms with Crippen molar-refractivity contribution in [2.45, 2.75) is 25.1 Å². The summed E-state index contributed by atoms with van der Waals surface area (Å²) in [4.78, 5) is 3.50. The lowest BCUT2D eigenvalue weighted by molar-refractivity contribution is -0.128. The zero-order valence-corrected chi connectivity index (χ0v) is 8.49.